The van der Waals surface area contributed by atoms with Gasteiger partial charge < -0.3 is 9.64 Å². The standard InChI is InChI=1S/C20H23NO3S/c1-2-24-16-9-7-15(8-10-16)18(22)11-12-20(23)21-13-3-5-17(21)19-6-4-14-25-19/h4,6-10,14,17H,2-3,5,11-13H2,1H3. The van der Waals surface area contributed by atoms with Crippen LogP contribution in [-0.4, -0.2) is 29.7 Å². The van der Waals surface area contributed by atoms with E-state index in [0.29, 0.717) is 12.2 Å². The molecule has 1 aliphatic heterocycles. The largest absolute Gasteiger partial charge is 0.494 e. The Bertz CT molecular complexity index is 709. The molecule has 1 amide bonds. The number of hydrogen-bond acceptors (Lipinski definition) is 4. The third-order valence-corrected chi connectivity index (χ3v) is 5.47. The average Bonchev–Trinajstić information content (AvgIpc) is 3.31. The third-order valence-electron chi connectivity index (χ3n) is 4.50. The maximum absolute atomic E-state index is 12.6. The number of Topliss-reactive ketones (excluding diaryl/α,β-unsaturated/α-hetero) is 1. The molecule has 0 bridgehead atoms. The van der Waals surface area contributed by atoms with Crippen molar-refractivity contribution < 1.29 is 14.3 Å². The van der Waals surface area contributed by atoms with Crippen molar-refractivity contribution in [1.29, 1.82) is 0 Å². The number of amides is 1. The van der Waals surface area contributed by atoms with E-state index in [-0.39, 0.29) is 30.6 Å². The molecular weight excluding hydrogens is 334 g/mol. The zero-order valence-electron chi connectivity index (χ0n) is 14.4. The first-order valence-electron chi connectivity index (χ1n) is 8.78. The number of rotatable bonds is 7. The summed E-state index contributed by atoms with van der Waals surface area (Å²) in [5, 5.41) is 2.05. The maximum Gasteiger partial charge on any atom is 0.223 e. The van der Waals surface area contributed by atoms with Crippen molar-refractivity contribution in [3.05, 3.63) is 52.2 Å². The van der Waals surface area contributed by atoms with E-state index in [1.807, 2.05) is 23.3 Å². The van der Waals surface area contributed by atoms with Crippen LogP contribution < -0.4 is 4.74 Å². The fourth-order valence-corrected chi connectivity index (χ4v) is 4.13. The van der Waals surface area contributed by atoms with E-state index in [2.05, 4.69) is 6.07 Å². The van der Waals surface area contributed by atoms with Crippen LogP contribution in [0.25, 0.3) is 0 Å². The predicted molar refractivity (Wildman–Crippen MR) is 99.2 cm³/mol. The molecule has 5 heteroatoms. The van der Waals surface area contributed by atoms with E-state index in [9.17, 15) is 9.59 Å². The summed E-state index contributed by atoms with van der Waals surface area (Å²) in [4.78, 5) is 28.1. The number of likely N-dealkylation sites (tertiary alicyclic amines) is 1. The number of hydrogen-bond donors (Lipinski definition) is 0. The molecule has 0 saturated carbocycles. The van der Waals surface area contributed by atoms with Crippen LogP contribution in [-0.2, 0) is 4.79 Å². The molecule has 132 valence electrons. The second-order valence-electron chi connectivity index (χ2n) is 6.14. The summed E-state index contributed by atoms with van der Waals surface area (Å²) >= 11 is 1.70. The van der Waals surface area contributed by atoms with Crippen molar-refractivity contribution in [2.75, 3.05) is 13.2 Å². The number of benzene rings is 1. The fraction of sp³-hybridized carbons (Fsp3) is 0.400. The van der Waals surface area contributed by atoms with Crippen LogP contribution >= 0.6 is 11.3 Å². The van der Waals surface area contributed by atoms with E-state index in [1.54, 1.807) is 35.6 Å². The Morgan fingerprint density at radius 2 is 2.00 bits per heavy atom. The second kappa shape index (κ2) is 8.30. The summed E-state index contributed by atoms with van der Waals surface area (Å²) in [6.07, 6.45) is 2.56. The van der Waals surface area contributed by atoms with Crippen LogP contribution in [0.1, 0.15) is 53.9 Å². The van der Waals surface area contributed by atoms with Gasteiger partial charge in [0.25, 0.3) is 0 Å². The van der Waals surface area contributed by atoms with Gasteiger partial charge in [0.05, 0.1) is 12.6 Å². The highest BCUT2D eigenvalue weighted by atomic mass is 32.1. The highest BCUT2D eigenvalue weighted by molar-refractivity contribution is 7.10. The molecule has 0 radical (unpaired) electrons. The number of ether oxygens (including phenoxy) is 1. The third kappa shape index (κ3) is 4.28. The molecule has 1 unspecified atom stereocenters. The Labute approximate surface area is 152 Å². The van der Waals surface area contributed by atoms with Crippen molar-refractivity contribution in [2.24, 2.45) is 0 Å². The second-order valence-corrected chi connectivity index (χ2v) is 7.12. The summed E-state index contributed by atoms with van der Waals surface area (Å²) in [6.45, 7) is 3.31. The first-order valence-corrected chi connectivity index (χ1v) is 9.66. The average molecular weight is 357 g/mol. The normalized spacial score (nSPS) is 16.8. The number of carbonyl (C=O) groups excluding carboxylic acids is 2. The SMILES string of the molecule is CCOc1ccc(C(=O)CCC(=O)N2CCCC2c2cccs2)cc1. The Kier molecular flexibility index (Phi) is 5.87. The Morgan fingerprint density at radius 1 is 1.20 bits per heavy atom. The van der Waals surface area contributed by atoms with Crippen molar-refractivity contribution in [2.45, 2.75) is 38.6 Å². The first kappa shape index (κ1) is 17.7. The van der Waals surface area contributed by atoms with E-state index in [1.165, 1.54) is 4.88 Å². The first-order chi connectivity index (χ1) is 12.2. The molecule has 1 saturated heterocycles. The Hall–Kier alpha value is -2.14. The molecule has 1 atom stereocenters. The molecule has 2 heterocycles. The van der Waals surface area contributed by atoms with Gasteiger partial charge in [0.1, 0.15) is 5.75 Å². The zero-order chi connectivity index (χ0) is 17.6. The molecule has 1 aliphatic rings. The lowest BCUT2D eigenvalue weighted by atomic mass is 10.1. The van der Waals surface area contributed by atoms with Crippen molar-refractivity contribution in [3.8, 4) is 5.75 Å². The smallest absolute Gasteiger partial charge is 0.223 e. The molecule has 0 N–H and O–H groups in total. The van der Waals surface area contributed by atoms with Gasteiger partial charge in [0.15, 0.2) is 5.78 Å². The topological polar surface area (TPSA) is 46.6 Å². The molecule has 2 aromatic rings. The molecule has 1 aromatic heterocycles. The van der Waals surface area contributed by atoms with Gasteiger partial charge in [0, 0.05) is 29.8 Å². The summed E-state index contributed by atoms with van der Waals surface area (Å²) in [5.41, 5.74) is 0.632. The van der Waals surface area contributed by atoms with Crippen LogP contribution in [0, 0.1) is 0 Å². The van der Waals surface area contributed by atoms with Gasteiger partial charge in [-0.05, 0) is 55.5 Å². The lowest BCUT2D eigenvalue weighted by molar-refractivity contribution is -0.132. The molecular formula is C20H23NO3S. The van der Waals surface area contributed by atoms with Crippen LogP contribution in [0.15, 0.2) is 41.8 Å². The van der Waals surface area contributed by atoms with Crippen molar-refractivity contribution in [3.63, 3.8) is 0 Å². The van der Waals surface area contributed by atoms with E-state index in [0.717, 1.165) is 25.1 Å². The molecule has 0 spiro atoms. The van der Waals surface area contributed by atoms with Crippen LogP contribution in [0.2, 0.25) is 0 Å². The molecule has 25 heavy (non-hydrogen) atoms. The zero-order valence-corrected chi connectivity index (χ0v) is 15.3. The van der Waals surface area contributed by atoms with Gasteiger partial charge in [-0.15, -0.1) is 11.3 Å². The van der Waals surface area contributed by atoms with Crippen LogP contribution in [0.3, 0.4) is 0 Å². The molecule has 0 aliphatic carbocycles. The van der Waals surface area contributed by atoms with E-state index >= 15 is 0 Å². The molecule has 4 nitrogen and oxygen atoms in total. The number of ketones is 1. The maximum atomic E-state index is 12.6. The summed E-state index contributed by atoms with van der Waals surface area (Å²) in [5.74, 6) is 0.837. The van der Waals surface area contributed by atoms with Gasteiger partial charge in [0.2, 0.25) is 5.91 Å². The Balaban J connectivity index is 1.55. The minimum Gasteiger partial charge on any atom is -0.494 e. The summed E-state index contributed by atoms with van der Waals surface area (Å²) < 4.78 is 5.38. The lowest BCUT2D eigenvalue weighted by Crippen LogP contribution is -2.30. The minimum atomic E-state index is 0.00303. The molecule has 3 rings (SSSR count). The number of thiophene rings is 1. The monoisotopic (exact) mass is 357 g/mol. The summed E-state index contributed by atoms with van der Waals surface area (Å²) in [6, 6.07) is 11.4. The van der Waals surface area contributed by atoms with Crippen molar-refractivity contribution in [1.82, 2.24) is 4.90 Å². The number of carbonyl (C=O) groups is 2. The van der Waals surface area contributed by atoms with Gasteiger partial charge in [-0.3, -0.25) is 9.59 Å². The van der Waals surface area contributed by atoms with E-state index < -0.39 is 0 Å². The van der Waals surface area contributed by atoms with E-state index in [4.69, 9.17) is 4.74 Å². The van der Waals surface area contributed by atoms with Gasteiger partial charge >= 0.3 is 0 Å². The fourth-order valence-electron chi connectivity index (χ4n) is 3.25. The summed E-state index contributed by atoms with van der Waals surface area (Å²) in [7, 11) is 0. The van der Waals surface area contributed by atoms with Gasteiger partial charge in [-0.2, -0.15) is 0 Å². The van der Waals surface area contributed by atoms with Crippen molar-refractivity contribution >= 4 is 23.0 Å². The highest BCUT2D eigenvalue weighted by Crippen LogP contribution is 2.35. The van der Waals surface area contributed by atoms with Gasteiger partial charge in [-0.25, -0.2) is 0 Å². The van der Waals surface area contributed by atoms with Crippen LogP contribution in [0.4, 0.5) is 0 Å². The Morgan fingerprint density at radius 3 is 2.68 bits per heavy atom. The number of nitrogens with zero attached hydrogens (tertiary/aromatic N) is 1. The highest BCUT2D eigenvalue weighted by Gasteiger charge is 2.30. The molecule has 1 fully saturated rings. The predicted octanol–water partition coefficient (Wildman–Crippen LogP) is 4.47. The minimum absolute atomic E-state index is 0.00303. The van der Waals surface area contributed by atoms with Gasteiger partial charge in [-0.1, -0.05) is 6.07 Å². The molecule has 1 aromatic carbocycles. The van der Waals surface area contributed by atoms with Crippen LogP contribution in [0.5, 0.6) is 5.75 Å². The quantitative estimate of drug-likeness (QED) is 0.687. The lowest BCUT2D eigenvalue weighted by Gasteiger charge is -2.23.